The third-order valence-corrected chi connectivity index (χ3v) is 4.05. The van der Waals surface area contributed by atoms with E-state index >= 15 is 0 Å². The lowest BCUT2D eigenvalue weighted by Gasteiger charge is -2.23. The SMILES string of the molecule is CCCCN(Cc1cccn1C)C(=O)Cc1ccc(OC)cc1. The van der Waals surface area contributed by atoms with E-state index in [0.717, 1.165) is 36.4 Å². The highest BCUT2D eigenvalue weighted by Gasteiger charge is 2.15. The highest BCUT2D eigenvalue weighted by molar-refractivity contribution is 5.78. The summed E-state index contributed by atoms with van der Waals surface area (Å²) in [7, 11) is 3.66. The van der Waals surface area contributed by atoms with Gasteiger partial charge in [-0.25, -0.2) is 0 Å². The first kappa shape index (κ1) is 17.1. The number of hydrogen-bond donors (Lipinski definition) is 0. The molecule has 0 radical (unpaired) electrons. The molecule has 1 aromatic heterocycles. The monoisotopic (exact) mass is 314 g/mol. The third kappa shape index (κ3) is 4.88. The standard InChI is InChI=1S/C19H26N2O2/c1-4-5-13-21(15-17-7-6-12-20(17)2)19(22)14-16-8-10-18(23-3)11-9-16/h6-12H,4-5,13-15H2,1-3H3. The summed E-state index contributed by atoms with van der Waals surface area (Å²) < 4.78 is 7.23. The zero-order chi connectivity index (χ0) is 16.7. The maximum absolute atomic E-state index is 12.7. The van der Waals surface area contributed by atoms with Gasteiger partial charge in [0, 0.05) is 25.5 Å². The molecule has 0 unspecified atom stereocenters. The van der Waals surface area contributed by atoms with Crippen LogP contribution in [-0.2, 0) is 24.8 Å². The Morgan fingerprint density at radius 2 is 1.96 bits per heavy atom. The molecule has 1 aromatic carbocycles. The summed E-state index contributed by atoms with van der Waals surface area (Å²) in [6, 6.07) is 11.8. The number of methoxy groups -OCH3 is 1. The maximum Gasteiger partial charge on any atom is 0.227 e. The van der Waals surface area contributed by atoms with Crippen LogP contribution in [0.2, 0.25) is 0 Å². The quantitative estimate of drug-likeness (QED) is 0.748. The minimum atomic E-state index is 0.171. The van der Waals surface area contributed by atoms with E-state index in [9.17, 15) is 4.79 Å². The average Bonchev–Trinajstić information content (AvgIpc) is 2.97. The highest BCUT2D eigenvalue weighted by Crippen LogP contribution is 2.14. The molecule has 124 valence electrons. The van der Waals surface area contributed by atoms with Gasteiger partial charge >= 0.3 is 0 Å². The van der Waals surface area contributed by atoms with Crippen LogP contribution in [0.3, 0.4) is 0 Å². The fourth-order valence-electron chi connectivity index (χ4n) is 2.53. The Balaban J connectivity index is 2.04. The van der Waals surface area contributed by atoms with E-state index < -0.39 is 0 Å². The number of rotatable bonds is 8. The normalized spacial score (nSPS) is 10.6. The number of aromatic nitrogens is 1. The molecule has 0 aliphatic heterocycles. The summed E-state index contributed by atoms with van der Waals surface area (Å²) >= 11 is 0. The van der Waals surface area contributed by atoms with Crippen LogP contribution in [-0.4, -0.2) is 29.0 Å². The molecule has 2 rings (SSSR count). The maximum atomic E-state index is 12.7. The summed E-state index contributed by atoms with van der Waals surface area (Å²) in [5, 5.41) is 0. The molecular weight excluding hydrogens is 288 g/mol. The number of amides is 1. The molecular formula is C19H26N2O2. The van der Waals surface area contributed by atoms with E-state index in [1.54, 1.807) is 7.11 Å². The van der Waals surface area contributed by atoms with Gasteiger partial charge in [-0.05, 0) is 36.2 Å². The van der Waals surface area contributed by atoms with E-state index in [0.29, 0.717) is 13.0 Å². The smallest absolute Gasteiger partial charge is 0.227 e. The van der Waals surface area contributed by atoms with E-state index in [1.807, 2.05) is 48.5 Å². The minimum absolute atomic E-state index is 0.171. The Hall–Kier alpha value is -2.23. The summed E-state index contributed by atoms with van der Waals surface area (Å²) in [6.45, 7) is 3.61. The van der Waals surface area contributed by atoms with Crippen LogP contribution in [0.15, 0.2) is 42.6 Å². The molecule has 23 heavy (non-hydrogen) atoms. The molecule has 0 aliphatic carbocycles. The number of nitrogens with zero attached hydrogens (tertiary/aromatic N) is 2. The molecule has 0 bridgehead atoms. The number of unbranched alkanes of at least 4 members (excludes halogenated alkanes) is 1. The van der Waals surface area contributed by atoms with Gasteiger partial charge in [-0.1, -0.05) is 25.5 Å². The lowest BCUT2D eigenvalue weighted by Crippen LogP contribution is -2.33. The van der Waals surface area contributed by atoms with Crippen molar-refractivity contribution in [3.63, 3.8) is 0 Å². The molecule has 0 aliphatic rings. The van der Waals surface area contributed by atoms with Gasteiger partial charge in [0.15, 0.2) is 0 Å². The van der Waals surface area contributed by atoms with Gasteiger partial charge in [-0.15, -0.1) is 0 Å². The third-order valence-electron chi connectivity index (χ3n) is 4.05. The Labute approximate surface area is 138 Å². The Kier molecular flexibility index (Phi) is 6.27. The van der Waals surface area contributed by atoms with E-state index in [1.165, 1.54) is 0 Å². The summed E-state index contributed by atoms with van der Waals surface area (Å²) in [5.74, 6) is 0.984. The van der Waals surface area contributed by atoms with Crippen molar-refractivity contribution in [2.75, 3.05) is 13.7 Å². The minimum Gasteiger partial charge on any atom is -0.497 e. The van der Waals surface area contributed by atoms with Crippen molar-refractivity contribution in [3.05, 3.63) is 53.9 Å². The van der Waals surface area contributed by atoms with Crippen LogP contribution in [0.1, 0.15) is 31.0 Å². The topological polar surface area (TPSA) is 34.5 Å². The second kappa shape index (κ2) is 8.42. The predicted octanol–water partition coefficient (Wildman–Crippen LogP) is 3.41. The van der Waals surface area contributed by atoms with Crippen molar-refractivity contribution in [2.24, 2.45) is 7.05 Å². The van der Waals surface area contributed by atoms with Gasteiger partial charge in [0.1, 0.15) is 5.75 Å². The van der Waals surface area contributed by atoms with Crippen LogP contribution in [0, 0.1) is 0 Å². The second-order valence-corrected chi connectivity index (χ2v) is 5.80. The van der Waals surface area contributed by atoms with Crippen molar-refractivity contribution < 1.29 is 9.53 Å². The van der Waals surface area contributed by atoms with Crippen LogP contribution >= 0.6 is 0 Å². The lowest BCUT2D eigenvalue weighted by molar-refractivity contribution is -0.131. The molecule has 4 nitrogen and oxygen atoms in total. The summed E-state index contributed by atoms with van der Waals surface area (Å²) in [4.78, 5) is 14.7. The van der Waals surface area contributed by atoms with Crippen LogP contribution in [0.4, 0.5) is 0 Å². The van der Waals surface area contributed by atoms with E-state index in [2.05, 4.69) is 17.6 Å². The molecule has 0 atom stereocenters. The fourth-order valence-corrected chi connectivity index (χ4v) is 2.53. The van der Waals surface area contributed by atoms with Gasteiger partial charge in [0.2, 0.25) is 5.91 Å². The number of carbonyl (C=O) groups is 1. The van der Waals surface area contributed by atoms with Crippen molar-refractivity contribution in [1.29, 1.82) is 0 Å². The van der Waals surface area contributed by atoms with Gasteiger partial charge in [0.05, 0.1) is 20.1 Å². The van der Waals surface area contributed by atoms with Crippen LogP contribution in [0.25, 0.3) is 0 Å². The van der Waals surface area contributed by atoms with Crippen molar-refractivity contribution >= 4 is 5.91 Å². The van der Waals surface area contributed by atoms with E-state index in [4.69, 9.17) is 4.74 Å². The van der Waals surface area contributed by atoms with Gasteiger partial charge < -0.3 is 14.2 Å². The molecule has 0 saturated carbocycles. The fraction of sp³-hybridized carbons (Fsp3) is 0.421. The molecule has 2 aromatic rings. The molecule has 0 N–H and O–H groups in total. The van der Waals surface area contributed by atoms with Gasteiger partial charge in [-0.3, -0.25) is 4.79 Å². The zero-order valence-corrected chi connectivity index (χ0v) is 14.3. The largest absolute Gasteiger partial charge is 0.497 e. The number of ether oxygens (including phenoxy) is 1. The van der Waals surface area contributed by atoms with Gasteiger partial charge in [-0.2, -0.15) is 0 Å². The summed E-state index contributed by atoms with van der Waals surface area (Å²) in [6.07, 6.45) is 4.55. The number of hydrogen-bond acceptors (Lipinski definition) is 2. The van der Waals surface area contributed by atoms with Crippen LogP contribution < -0.4 is 4.74 Å². The first-order valence-electron chi connectivity index (χ1n) is 8.15. The van der Waals surface area contributed by atoms with Crippen molar-refractivity contribution in [1.82, 2.24) is 9.47 Å². The predicted molar refractivity (Wildman–Crippen MR) is 92.4 cm³/mol. The molecule has 0 spiro atoms. The zero-order valence-electron chi connectivity index (χ0n) is 14.3. The first-order valence-corrected chi connectivity index (χ1v) is 8.15. The van der Waals surface area contributed by atoms with Crippen molar-refractivity contribution in [3.8, 4) is 5.75 Å². The first-order chi connectivity index (χ1) is 11.1. The Bertz CT molecular complexity index is 617. The van der Waals surface area contributed by atoms with Crippen molar-refractivity contribution in [2.45, 2.75) is 32.7 Å². The Morgan fingerprint density at radius 1 is 1.22 bits per heavy atom. The number of carbonyl (C=O) groups excluding carboxylic acids is 1. The number of aryl methyl sites for hydroxylation is 1. The molecule has 0 fully saturated rings. The molecule has 0 saturated heterocycles. The Morgan fingerprint density at radius 3 is 2.52 bits per heavy atom. The molecule has 1 amide bonds. The summed E-state index contributed by atoms with van der Waals surface area (Å²) in [5.41, 5.74) is 2.17. The van der Waals surface area contributed by atoms with E-state index in [-0.39, 0.29) is 5.91 Å². The number of benzene rings is 1. The van der Waals surface area contributed by atoms with Crippen LogP contribution in [0.5, 0.6) is 5.75 Å². The second-order valence-electron chi connectivity index (χ2n) is 5.80. The average molecular weight is 314 g/mol. The van der Waals surface area contributed by atoms with Gasteiger partial charge in [0.25, 0.3) is 0 Å². The lowest BCUT2D eigenvalue weighted by atomic mass is 10.1. The molecule has 1 heterocycles. The molecule has 4 heteroatoms. The highest BCUT2D eigenvalue weighted by atomic mass is 16.5.